The lowest BCUT2D eigenvalue weighted by atomic mass is 10.1. The fourth-order valence-corrected chi connectivity index (χ4v) is 8.84. The minimum Gasteiger partial charge on any atom is -0.462 e. The predicted octanol–water partition coefficient (Wildman–Crippen LogP) is 23.3. The second kappa shape index (κ2) is 68.5. The van der Waals surface area contributed by atoms with E-state index in [9.17, 15) is 14.4 Å². The summed E-state index contributed by atoms with van der Waals surface area (Å²) in [5.74, 6) is -0.914. The van der Waals surface area contributed by atoms with Crippen molar-refractivity contribution < 1.29 is 28.6 Å². The summed E-state index contributed by atoms with van der Waals surface area (Å²) in [6, 6.07) is 0. The molecular formula is C76H122O6. The van der Waals surface area contributed by atoms with Crippen molar-refractivity contribution in [3.63, 3.8) is 0 Å². The highest BCUT2D eigenvalue weighted by Gasteiger charge is 2.19. The summed E-state index contributed by atoms with van der Waals surface area (Å²) in [5.41, 5.74) is 0. The van der Waals surface area contributed by atoms with Gasteiger partial charge in [-0.2, -0.15) is 0 Å². The lowest BCUT2D eigenvalue weighted by Crippen LogP contribution is -2.30. The van der Waals surface area contributed by atoms with Gasteiger partial charge in [-0.15, -0.1) is 0 Å². The molecule has 0 aromatic heterocycles. The molecule has 0 spiro atoms. The number of carbonyl (C=O) groups excluding carboxylic acids is 3. The third-order valence-electron chi connectivity index (χ3n) is 13.8. The van der Waals surface area contributed by atoms with Crippen LogP contribution < -0.4 is 0 Å². The molecule has 82 heavy (non-hydrogen) atoms. The third kappa shape index (κ3) is 65.8. The van der Waals surface area contributed by atoms with Crippen LogP contribution in [0.5, 0.6) is 0 Å². The van der Waals surface area contributed by atoms with Crippen molar-refractivity contribution in [3.8, 4) is 0 Å². The fourth-order valence-electron chi connectivity index (χ4n) is 8.84. The Morgan fingerprint density at radius 3 is 0.744 bits per heavy atom. The molecule has 0 aromatic carbocycles. The molecule has 0 saturated heterocycles. The maximum absolute atomic E-state index is 12.9. The van der Waals surface area contributed by atoms with Gasteiger partial charge in [0, 0.05) is 19.3 Å². The van der Waals surface area contributed by atoms with Crippen LogP contribution in [0.25, 0.3) is 0 Å². The van der Waals surface area contributed by atoms with E-state index in [0.717, 1.165) is 154 Å². The predicted molar refractivity (Wildman–Crippen MR) is 357 cm³/mol. The Hall–Kier alpha value is -4.97. The Morgan fingerprint density at radius 2 is 0.476 bits per heavy atom. The zero-order valence-corrected chi connectivity index (χ0v) is 52.9. The van der Waals surface area contributed by atoms with Crippen LogP contribution in [0.15, 0.2) is 158 Å². The average molecular weight is 1130 g/mol. The van der Waals surface area contributed by atoms with Crippen LogP contribution in [-0.4, -0.2) is 37.2 Å². The molecule has 6 heteroatoms. The quantitative estimate of drug-likeness (QED) is 0.0261. The molecule has 0 aliphatic rings. The third-order valence-corrected chi connectivity index (χ3v) is 13.8. The van der Waals surface area contributed by atoms with Crippen LogP contribution in [0.1, 0.15) is 284 Å². The van der Waals surface area contributed by atoms with Crippen LogP contribution in [0.3, 0.4) is 0 Å². The second-order valence-corrected chi connectivity index (χ2v) is 21.6. The number of ether oxygens (including phenoxy) is 3. The first-order valence-electron chi connectivity index (χ1n) is 33.5. The molecule has 0 fully saturated rings. The molecule has 0 heterocycles. The number of esters is 3. The van der Waals surface area contributed by atoms with Crippen molar-refractivity contribution in [2.24, 2.45) is 0 Å². The van der Waals surface area contributed by atoms with E-state index in [2.05, 4.69) is 179 Å². The first-order chi connectivity index (χ1) is 40.5. The number of carbonyl (C=O) groups is 3. The van der Waals surface area contributed by atoms with Gasteiger partial charge in [0.1, 0.15) is 13.2 Å². The number of rotatable bonds is 59. The zero-order chi connectivity index (χ0) is 59.2. The molecular weight excluding hydrogens is 1010 g/mol. The van der Waals surface area contributed by atoms with E-state index < -0.39 is 6.10 Å². The fraction of sp³-hybridized carbons (Fsp3) is 0.618. The summed E-state index contributed by atoms with van der Waals surface area (Å²) < 4.78 is 16.9. The Balaban J connectivity index is 4.25. The molecule has 1 unspecified atom stereocenters. The first-order valence-corrected chi connectivity index (χ1v) is 33.5. The lowest BCUT2D eigenvalue weighted by Gasteiger charge is -2.18. The summed E-state index contributed by atoms with van der Waals surface area (Å²) in [7, 11) is 0. The molecule has 1 atom stereocenters. The topological polar surface area (TPSA) is 78.9 Å². The van der Waals surface area contributed by atoms with E-state index in [-0.39, 0.29) is 31.1 Å². The van der Waals surface area contributed by atoms with Gasteiger partial charge in [-0.05, 0) is 128 Å². The summed E-state index contributed by atoms with van der Waals surface area (Å²) in [4.78, 5) is 38.2. The normalized spacial score (nSPS) is 13.2. The van der Waals surface area contributed by atoms with Crippen molar-refractivity contribution in [2.75, 3.05) is 13.2 Å². The summed E-state index contributed by atoms with van der Waals surface area (Å²) in [5, 5.41) is 0. The van der Waals surface area contributed by atoms with E-state index in [1.807, 2.05) is 0 Å². The van der Waals surface area contributed by atoms with Crippen LogP contribution in [0.2, 0.25) is 0 Å². The monoisotopic (exact) mass is 1130 g/mol. The standard InChI is InChI=1S/C76H122O6/c1-4-7-10-13-16-19-21-23-25-27-29-31-33-35-37-38-40-41-43-45-47-49-51-53-55-57-60-63-66-69-75(78)81-72-73(71-80-74(77)68-65-62-59-18-15-12-9-6-3)82-76(79)70-67-64-61-58-56-54-52-50-48-46-44-42-39-36-34-32-30-28-26-24-22-20-17-14-11-8-5-2/h7-8,10-11,16-17,19-20,23-26,29-32,35-37,39-41,44-47,73H,4-6,9,12-15,18,21-22,27-28,33-34,38,42-43,48-72H2,1-3H3/b10-7-,11-8-,19-16-,20-17-,25-23-,26-24-,31-29-,32-30-,37-35-,39-36-,41-40-,46-44-,47-45-. The maximum atomic E-state index is 12.9. The van der Waals surface area contributed by atoms with Crippen molar-refractivity contribution in [1.82, 2.24) is 0 Å². The van der Waals surface area contributed by atoms with Gasteiger partial charge in [-0.1, -0.05) is 294 Å². The summed E-state index contributed by atoms with van der Waals surface area (Å²) in [6.45, 7) is 6.37. The molecule has 0 N–H and O–H groups in total. The molecule has 0 bridgehead atoms. The van der Waals surface area contributed by atoms with Gasteiger partial charge in [0.15, 0.2) is 6.10 Å². The molecule has 0 amide bonds. The average Bonchev–Trinajstić information content (AvgIpc) is 3.47. The van der Waals surface area contributed by atoms with Crippen molar-refractivity contribution in [1.29, 1.82) is 0 Å². The summed E-state index contributed by atoms with van der Waals surface area (Å²) in [6.07, 6.45) is 99.8. The molecule has 0 saturated carbocycles. The van der Waals surface area contributed by atoms with Gasteiger partial charge >= 0.3 is 17.9 Å². The molecule has 0 radical (unpaired) electrons. The van der Waals surface area contributed by atoms with Crippen molar-refractivity contribution in [2.45, 2.75) is 290 Å². The number of unbranched alkanes of at least 4 members (excludes halogenated alkanes) is 22. The van der Waals surface area contributed by atoms with Crippen LogP contribution in [-0.2, 0) is 28.6 Å². The van der Waals surface area contributed by atoms with Gasteiger partial charge in [-0.3, -0.25) is 14.4 Å². The maximum Gasteiger partial charge on any atom is 0.306 e. The Labute approximate surface area is 505 Å². The highest BCUT2D eigenvalue weighted by Crippen LogP contribution is 2.15. The molecule has 462 valence electrons. The minimum absolute atomic E-state index is 0.0891. The Kier molecular flexibility index (Phi) is 64.4. The van der Waals surface area contributed by atoms with Gasteiger partial charge in [0.25, 0.3) is 0 Å². The highest BCUT2D eigenvalue weighted by molar-refractivity contribution is 5.71. The number of allylic oxidation sites excluding steroid dienone is 26. The molecule has 0 aliphatic carbocycles. The van der Waals surface area contributed by atoms with Gasteiger partial charge in [0.2, 0.25) is 0 Å². The molecule has 6 nitrogen and oxygen atoms in total. The van der Waals surface area contributed by atoms with Crippen LogP contribution >= 0.6 is 0 Å². The summed E-state index contributed by atoms with van der Waals surface area (Å²) >= 11 is 0. The van der Waals surface area contributed by atoms with Crippen LogP contribution in [0.4, 0.5) is 0 Å². The number of hydrogen-bond acceptors (Lipinski definition) is 6. The second-order valence-electron chi connectivity index (χ2n) is 21.6. The lowest BCUT2D eigenvalue weighted by molar-refractivity contribution is -0.167. The van der Waals surface area contributed by atoms with Crippen molar-refractivity contribution >= 4 is 17.9 Å². The number of hydrogen-bond donors (Lipinski definition) is 0. The van der Waals surface area contributed by atoms with E-state index in [4.69, 9.17) is 14.2 Å². The van der Waals surface area contributed by atoms with E-state index in [1.165, 1.54) is 89.9 Å². The molecule has 0 aliphatic heterocycles. The minimum atomic E-state index is -0.793. The largest absolute Gasteiger partial charge is 0.462 e. The van der Waals surface area contributed by atoms with Crippen molar-refractivity contribution in [3.05, 3.63) is 158 Å². The van der Waals surface area contributed by atoms with E-state index in [0.29, 0.717) is 19.3 Å². The van der Waals surface area contributed by atoms with E-state index >= 15 is 0 Å². The van der Waals surface area contributed by atoms with Gasteiger partial charge in [0.05, 0.1) is 0 Å². The van der Waals surface area contributed by atoms with Crippen LogP contribution in [0, 0.1) is 0 Å². The molecule has 0 rings (SSSR count). The smallest absolute Gasteiger partial charge is 0.306 e. The van der Waals surface area contributed by atoms with Gasteiger partial charge in [-0.25, -0.2) is 0 Å². The molecule has 0 aromatic rings. The SMILES string of the molecule is CC/C=C\C/C=C\C/C=C\C/C=C\C/C=C\C/C=C\C/C=C\CCCCCCCCCC(=O)OCC(COC(=O)CCCCCCCCCC)OC(=O)CCCCCCCCCC/C=C\C/C=C\C/C=C\C/C=C\C/C=C\C/C=C\CC. The van der Waals surface area contributed by atoms with E-state index in [1.54, 1.807) is 0 Å². The Bertz CT molecular complexity index is 1830. The van der Waals surface area contributed by atoms with Gasteiger partial charge < -0.3 is 14.2 Å². The first kappa shape index (κ1) is 77.0. The zero-order valence-electron chi connectivity index (χ0n) is 52.9. The highest BCUT2D eigenvalue weighted by atomic mass is 16.6. The Morgan fingerprint density at radius 1 is 0.256 bits per heavy atom.